The zero-order chi connectivity index (χ0) is 29.0. The average molecular weight is 568 g/mol. The number of likely N-dealkylation sites (tertiary alicyclic amines) is 1. The first-order chi connectivity index (χ1) is 20.3. The number of aliphatic hydroxyl groups excluding tert-OH is 1. The van der Waals surface area contributed by atoms with Crippen molar-refractivity contribution in [3.8, 4) is 0 Å². The fraction of sp³-hybridized carbons (Fsp3) is 0.556. The Kier molecular flexibility index (Phi) is 5.73. The highest BCUT2D eigenvalue weighted by Gasteiger charge is 2.86. The Morgan fingerprint density at radius 3 is 2.26 bits per heavy atom. The zero-order valence-electron chi connectivity index (χ0n) is 24.6. The van der Waals surface area contributed by atoms with E-state index in [2.05, 4.69) is 25.3 Å². The van der Waals surface area contributed by atoms with E-state index in [1.54, 1.807) is 24.3 Å². The number of carbonyl (C=O) groups is 2. The molecule has 6 fully saturated rings. The summed E-state index contributed by atoms with van der Waals surface area (Å²) >= 11 is 0. The molecule has 1 unspecified atom stereocenters. The molecule has 6 heteroatoms. The maximum atomic E-state index is 13.6. The fourth-order valence-corrected chi connectivity index (χ4v) is 11.8. The van der Waals surface area contributed by atoms with Crippen molar-refractivity contribution >= 4 is 11.9 Å². The molecular formula is C36H41NO5. The lowest BCUT2D eigenvalue weighted by Crippen LogP contribution is -2.68. The molecule has 2 aromatic rings. The monoisotopic (exact) mass is 567 g/mol. The molecule has 1 aliphatic heterocycles. The largest absolute Gasteiger partial charge is 0.458 e. The highest BCUT2D eigenvalue weighted by molar-refractivity contribution is 5.90. The number of benzene rings is 2. The van der Waals surface area contributed by atoms with E-state index in [9.17, 15) is 14.7 Å². The summed E-state index contributed by atoms with van der Waals surface area (Å²) in [5.41, 5.74) is 1.46. The highest BCUT2D eigenvalue weighted by Crippen LogP contribution is 2.84. The van der Waals surface area contributed by atoms with Crippen LogP contribution in [-0.4, -0.2) is 59.4 Å². The van der Waals surface area contributed by atoms with Gasteiger partial charge >= 0.3 is 11.9 Å². The van der Waals surface area contributed by atoms with Crippen molar-refractivity contribution in [3.63, 3.8) is 0 Å². The minimum atomic E-state index is -0.467. The normalized spacial score (nSPS) is 44.5. The molecule has 8 rings (SSSR count). The SMILES string of the molecule is C=C1[C@H]2C[C@@]3([C@@H]1OC(=O)c1ccccc1)[C@@H](C[C@@H]2OC(=O)c1ccccc1)[C@@]12C4[C@@H]3C[C@@H]1[C@@](C)(CC[C@@H]2O)CN4CC. The van der Waals surface area contributed by atoms with Crippen molar-refractivity contribution in [2.75, 3.05) is 13.1 Å². The Labute approximate surface area is 248 Å². The van der Waals surface area contributed by atoms with Crippen molar-refractivity contribution in [1.82, 2.24) is 4.90 Å². The lowest BCUT2D eigenvalue weighted by molar-refractivity contribution is -0.218. The molecule has 0 amide bonds. The van der Waals surface area contributed by atoms with Gasteiger partial charge in [-0.25, -0.2) is 9.59 Å². The summed E-state index contributed by atoms with van der Waals surface area (Å²) in [7, 11) is 0. The summed E-state index contributed by atoms with van der Waals surface area (Å²) in [6, 6.07) is 18.6. The second kappa shape index (κ2) is 9.03. The highest BCUT2D eigenvalue weighted by atomic mass is 16.6. The maximum absolute atomic E-state index is 13.6. The quantitative estimate of drug-likeness (QED) is 0.379. The van der Waals surface area contributed by atoms with Gasteiger partial charge in [-0.15, -0.1) is 0 Å². The van der Waals surface area contributed by atoms with Gasteiger partial charge in [-0.05, 0) is 91.7 Å². The van der Waals surface area contributed by atoms with Gasteiger partial charge < -0.3 is 14.6 Å². The number of hydrogen-bond donors (Lipinski definition) is 1. The Hall–Kier alpha value is -2.96. The van der Waals surface area contributed by atoms with Crippen LogP contribution in [0.25, 0.3) is 0 Å². The first-order valence-electron chi connectivity index (χ1n) is 15.9. The molecule has 0 radical (unpaired) electrons. The molecule has 220 valence electrons. The van der Waals surface area contributed by atoms with Crippen LogP contribution in [0.2, 0.25) is 0 Å². The van der Waals surface area contributed by atoms with Crippen LogP contribution in [0.15, 0.2) is 72.8 Å². The lowest BCUT2D eigenvalue weighted by Gasteiger charge is -2.65. The third-order valence-electron chi connectivity index (χ3n) is 13.0. The molecule has 5 saturated carbocycles. The van der Waals surface area contributed by atoms with Crippen LogP contribution >= 0.6 is 0 Å². The van der Waals surface area contributed by atoms with E-state index in [-0.39, 0.29) is 52.2 Å². The minimum absolute atomic E-state index is 0.0698. The third kappa shape index (κ3) is 3.18. The number of piperidine rings is 1. The minimum Gasteiger partial charge on any atom is -0.458 e. The van der Waals surface area contributed by atoms with Crippen molar-refractivity contribution in [1.29, 1.82) is 0 Å². The van der Waals surface area contributed by atoms with Crippen LogP contribution in [0.1, 0.15) is 66.7 Å². The topological polar surface area (TPSA) is 76.1 Å². The summed E-state index contributed by atoms with van der Waals surface area (Å²) in [6.45, 7) is 11.3. The Morgan fingerprint density at radius 2 is 1.62 bits per heavy atom. The van der Waals surface area contributed by atoms with Crippen LogP contribution in [0.5, 0.6) is 0 Å². The van der Waals surface area contributed by atoms with Crippen LogP contribution in [0.4, 0.5) is 0 Å². The molecule has 7 bridgehead atoms. The lowest BCUT2D eigenvalue weighted by atomic mass is 9.43. The van der Waals surface area contributed by atoms with E-state index >= 15 is 0 Å². The molecule has 5 aliphatic carbocycles. The number of esters is 2. The first-order valence-corrected chi connectivity index (χ1v) is 15.9. The van der Waals surface area contributed by atoms with E-state index in [4.69, 9.17) is 9.47 Å². The van der Waals surface area contributed by atoms with Crippen molar-refractivity contribution in [2.45, 2.75) is 70.3 Å². The molecule has 6 aliphatic rings. The number of fused-ring (bicyclic) bond motifs is 1. The van der Waals surface area contributed by atoms with Gasteiger partial charge in [-0.3, -0.25) is 4.90 Å². The van der Waals surface area contributed by atoms with Crippen LogP contribution in [0.3, 0.4) is 0 Å². The summed E-state index contributed by atoms with van der Waals surface area (Å²) in [5.74, 6) is 0.0351. The number of nitrogens with zero attached hydrogens (tertiary/aromatic N) is 1. The van der Waals surface area contributed by atoms with Crippen molar-refractivity contribution in [3.05, 3.63) is 83.9 Å². The standard InChI is InChI=1S/C36H41NO5/c1-4-37-20-34(3)16-15-29(38)36-27(34)17-25(30(36)37)35-19-24(21(2)31(35)42-33(40)23-13-9-6-10-14-23)26(18-28(35)36)41-32(39)22-11-7-5-8-12-22/h5-14,24-31,38H,2,4,15-20H2,1,3H3/t24-,25+,26+,27-,28-,29+,30?,31-,34+,35+,36+/m1/s1. The van der Waals surface area contributed by atoms with E-state index < -0.39 is 12.2 Å². The van der Waals surface area contributed by atoms with E-state index in [1.807, 2.05) is 36.4 Å². The fourth-order valence-electron chi connectivity index (χ4n) is 11.8. The Balaban J connectivity index is 1.25. The first kappa shape index (κ1) is 26.7. The molecular weight excluding hydrogens is 526 g/mol. The van der Waals surface area contributed by atoms with E-state index in [0.29, 0.717) is 29.4 Å². The van der Waals surface area contributed by atoms with E-state index in [1.165, 1.54) is 0 Å². The van der Waals surface area contributed by atoms with Gasteiger partial charge in [-0.2, -0.15) is 0 Å². The third-order valence-corrected chi connectivity index (χ3v) is 13.0. The van der Waals surface area contributed by atoms with Crippen molar-refractivity contribution in [2.24, 2.45) is 39.9 Å². The number of hydrogen-bond acceptors (Lipinski definition) is 6. The Bertz CT molecular complexity index is 1440. The van der Waals surface area contributed by atoms with Gasteiger partial charge in [0, 0.05) is 29.3 Å². The predicted molar refractivity (Wildman–Crippen MR) is 157 cm³/mol. The zero-order valence-corrected chi connectivity index (χ0v) is 24.6. The molecule has 6 nitrogen and oxygen atoms in total. The molecule has 2 aromatic carbocycles. The van der Waals surface area contributed by atoms with Gasteiger partial charge in [0.25, 0.3) is 0 Å². The Morgan fingerprint density at radius 1 is 0.976 bits per heavy atom. The summed E-state index contributed by atoms with van der Waals surface area (Å²) in [5, 5.41) is 12.2. The van der Waals surface area contributed by atoms with Gasteiger partial charge in [-0.1, -0.05) is 56.8 Å². The molecule has 1 N–H and O–H groups in total. The average Bonchev–Trinajstić information content (AvgIpc) is 3.54. The summed E-state index contributed by atoms with van der Waals surface area (Å²) in [4.78, 5) is 29.7. The van der Waals surface area contributed by atoms with Gasteiger partial charge in [0.05, 0.1) is 17.2 Å². The molecule has 42 heavy (non-hydrogen) atoms. The molecule has 11 atom stereocenters. The summed E-state index contributed by atoms with van der Waals surface area (Å²) < 4.78 is 12.9. The van der Waals surface area contributed by atoms with Crippen molar-refractivity contribution < 1.29 is 24.2 Å². The van der Waals surface area contributed by atoms with Crippen LogP contribution in [-0.2, 0) is 9.47 Å². The van der Waals surface area contributed by atoms with Gasteiger partial charge in [0.15, 0.2) is 0 Å². The van der Waals surface area contributed by atoms with E-state index in [0.717, 1.165) is 44.3 Å². The number of rotatable bonds is 5. The smallest absolute Gasteiger partial charge is 0.338 e. The molecule has 0 aromatic heterocycles. The molecule has 2 spiro atoms. The van der Waals surface area contributed by atoms with Gasteiger partial charge in [0.1, 0.15) is 12.2 Å². The molecule has 1 heterocycles. The van der Waals surface area contributed by atoms with Crippen LogP contribution in [0, 0.1) is 39.9 Å². The molecule has 1 saturated heterocycles. The van der Waals surface area contributed by atoms with Crippen LogP contribution < -0.4 is 0 Å². The number of carbonyl (C=O) groups excluding carboxylic acids is 2. The summed E-state index contributed by atoms with van der Waals surface area (Å²) in [6.07, 6.45) is 3.09. The predicted octanol–water partition coefficient (Wildman–Crippen LogP) is 5.52. The second-order valence-corrected chi connectivity index (χ2v) is 14.4. The second-order valence-electron chi connectivity index (χ2n) is 14.4. The maximum Gasteiger partial charge on any atom is 0.338 e. The van der Waals surface area contributed by atoms with Gasteiger partial charge in [0.2, 0.25) is 0 Å². The number of aliphatic hydroxyl groups is 1. The number of ether oxygens (including phenoxy) is 2.